The van der Waals surface area contributed by atoms with E-state index in [1.54, 1.807) is 12.1 Å². The molecule has 1 amide bonds. The number of nitrogens with zero attached hydrogens (tertiary/aromatic N) is 2. The highest BCUT2D eigenvalue weighted by molar-refractivity contribution is 7.91. The van der Waals surface area contributed by atoms with Crippen LogP contribution in [0.5, 0.6) is 0 Å². The summed E-state index contributed by atoms with van der Waals surface area (Å²) in [4.78, 5) is 12.5. The summed E-state index contributed by atoms with van der Waals surface area (Å²) < 4.78 is 29.9. The number of carbonyl (C=O) groups is 1. The van der Waals surface area contributed by atoms with Crippen LogP contribution < -0.4 is 5.32 Å². The van der Waals surface area contributed by atoms with Crippen LogP contribution in [0.25, 0.3) is 11.5 Å². The van der Waals surface area contributed by atoms with Crippen LogP contribution in [0.3, 0.4) is 0 Å². The molecule has 1 heterocycles. The summed E-state index contributed by atoms with van der Waals surface area (Å²) in [5.74, 6) is -0.454. The Labute approximate surface area is 157 Å². The van der Waals surface area contributed by atoms with Gasteiger partial charge in [-0.2, -0.15) is 0 Å². The van der Waals surface area contributed by atoms with Gasteiger partial charge in [0.05, 0.1) is 16.2 Å². The Kier molecular flexibility index (Phi) is 5.09. The monoisotopic (exact) mass is 385 g/mol. The average Bonchev–Trinajstić information content (AvgIpc) is 3.09. The summed E-state index contributed by atoms with van der Waals surface area (Å²) in [5, 5.41) is 10.3. The van der Waals surface area contributed by atoms with Crippen LogP contribution >= 0.6 is 0 Å². The standard InChI is InChI=1S/C19H19N3O4S/c1-4-27(24,25)16-8-6-5-7-15(16)17(23)20-19-22-21-18(26-19)14-10-9-12(2)11-13(14)3/h5-11H,4H2,1-3H3,(H,20,22,23). The van der Waals surface area contributed by atoms with Gasteiger partial charge in [0.25, 0.3) is 5.91 Å². The van der Waals surface area contributed by atoms with Crippen molar-refractivity contribution in [2.24, 2.45) is 0 Å². The van der Waals surface area contributed by atoms with E-state index in [0.29, 0.717) is 0 Å². The number of anilines is 1. The molecule has 0 saturated carbocycles. The van der Waals surface area contributed by atoms with Crippen molar-refractivity contribution < 1.29 is 17.6 Å². The highest BCUT2D eigenvalue weighted by atomic mass is 32.2. The van der Waals surface area contributed by atoms with Crippen LogP contribution in [-0.4, -0.2) is 30.3 Å². The Morgan fingerprint density at radius 3 is 2.56 bits per heavy atom. The molecule has 0 unspecified atom stereocenters. The Hall–Kier alpha value is -3.00. The molecule has 0 atom stereocenters. The largest absolute Gasteiger partial charge is 0.403 e. The molecule has 0 aliphatic carbocycles. The van der Waals surface area contributed by atoms with Crippen LogP contribution in [0.1, 0.15) is 28.4 Å². The fourth-order valence-electron chi connectivity index (χ4n) is 2.68. The highest BCUT2D eigenvalue weighted by Crippen LogP contribution is 2.25. The lowest BCUT2D eigenvalue weighted by Crippen LogP contribution is -2.17. The Morgan fingerprint density at radius 2 is 1.85 bits per heavy atom. The van der Waals surface area contributed by atoms with Crippen molar-refractivity contribution in [3.8, 4) is 11.5 Å². The molecule has 3 aromatic rings. The van der Waals surface area contributed by atoms with Crippen LogP contribution in [0, 0.1) is 13.8 Å². The van der Waals surface area contributed by atoms with E-state index in [-0.39, 0.29) is 28.1 Å². The Balaban J connectivity index is 1.88. The second kappa shape index (κ2) is 7.32. The van der Waals surface area contributed by atoms with Gasteiger partial charge >= 0.3 is 6.01 Å². The third kappa shape index (κ3) is 3.90. The van der Waals surface area contributed by atoms with Crippen LogP contribution in [-0.2, 0) is 9.84 Å². The Bertz CT molecular complexity index is 1100. The molecule has 1 N–H and O–H groups in total. The molecule has 0 fully saturated rings. The molecule has 0 aliphatic rings. The van der Waals surface area contributed by atoms with Crippen molar-refractivity contribution in [1.82, 2.24) is 10.2 Å². The minimum atomic E-state index is -3.54. The molecular weight excluding hydrogens is 366 g/mol. The zero-order valence-corrected chi connectivity index (χ0v) is 16.0. The van der Waals surface area contributed by atoms with Gasteiger partial charge in [-0.15, -0.1) is 5.10 Å². The zero-order valence-electron chi connectivity index (χ0n) is 15.2. The maximum atomic E-state index is 12.6. The number of rotatable bonds is 5. The lowest BCUT2D eigenvalue weighted by atomic mass is 10.1. The third-order valence-electron chi connectivity index (χ3n) is 4.10. The fourth-order valence-corrected chi connectivity index (χ4v) is 3.77. The molecule has 0 aliphatic heterocycles. The van der Waals surface area contributed by atoms with Gasteiger partial charge in [-0.25, -0.2) is 8.42 Å². The lowest BCUT2D eigenvalue weighted by Gasteiger charge is -2.08. The van der Waals surface area contributed by atoms with Crippen molar-refractivity contribution in [3.63, 3.8) is 0 Å². The maximum Gasteiger partial charge on any atom is 0.322 e. The second-order valence-corrected chi connectivity index (χ2v) is 8.33. The normalized spacial score (nSPS) is 11.4. The summed E-state index contributed by atoms with van der Waals surface area (Å²) in [5.41, 5.74) is 2.88. The molecule has 3 rings (SSSR count). The first-order valence-electron chi connectivity index (χ1n) is 8.36. The second-order valence-electron chi connectivity index (χ2n) is 6.08. The first-order chi connectivity index (χ1) is 12.8. The predicted octanol–water partition coefficient (Wildman–Crippen LogP) is 3.40. The number of aryl methyl sites for hydroxylation is 2. The van der Waals surface area contributed by atoms with Gasteiger partial charge in [-0.3, -0.25) is 10.1 Å². The number of hydrogen-bond acceptors (Lipinski definition) is 6. The van der Waals surface area contributed by atoms with Crippen molar-refractivity contribution in [2.45, 2.75) is 25.7 Å². The molecule has 1 aromatic heterocycles. The number of aromatic nitrogens is 2. The number of sulfone groups is 1. The van der Waals surface area contributed by atoms with Crippen LogP contribution in [0.15, 0.2) is 51.8 Å². The summed E-state index contributed by atoms with van der Waals surface area (Å²) in [7, 11) is -3.54. The van der Waals surface area contributed by atoms with E-state index in [9.17, 15) is 13.2 Å². The van der Waals surface area contributed by atoms with E-state index in [0.717, 1.165) is 16.7 Å². The third-order valence-corrected chi connectivity index (χ3v) is 5.89. The van der Waals surface area contributed by atoms with Gasteiger partial charge in [-0.1, -0.05) is 41.9 Å². The molecular formula is C19H19N3O4S. The van der Waals surface area contributed by atoms with Crippen LogP contribution in [0.4, 0.5) is 6.01 Å². The van der Waals surface area contributed by atoms with E-state index in [1.165, 1.54) is 19.1 Å². The van der Waals surface area contributed by atoms with Crippen LogP contribution in [0.2, 0.25) is 0 Å². The molecule has 8 heteroatoms. The van der Waals surface area contributed by atoms with Crippen molar-refractivity contribution in [3.05, 3.63) is 59.2 Å². The summed E-state index contributed by atoms with van der Waals surface area (Å²) >= 11 is 0. The quantitative estimate of drug-likeness (QED) is 0.722. The van der Waals surface area contributed by atoms with Crippen molar-refractivity contribution in [1.29, 1.82) is 0 Å². The minimum Gasteiger partial charge on any atom is -0.403 e. The molecule has 140 valence electrons. The maximum absolute atomic E-state index is 12.6. The van der Waals surface area contributed by atoms with Crippen molar-refractivity contribution in [2.75, 3.05) is 11.1 Å². The van der Waals surface area contributed by atoms with Gasteiger partial charge in [-0.05, 0) is 37.6 Å². The molecule has 0 bridgehead atoms. The predicted molar refractivity (Wildman–Crippen MR) is 101 cm³/mol. The zero-order chi connectivity index (χ0) is 19.6. The molecule has 27 heavy (non-hydrogen) atoms. The number of amides is 1. The number of benzene rings is 2. The van der Waals surface area contributed by atoms with Gasteiger partial charge in [0, 0.05) is 5.56 Å². The van der Waals surface area contributed by atoms with Gasteiger partial charge in [0.1, 0.15) is 0 Å². The average molecular weight is 385 g/mol. The number of nitrogens with one attached hydrogen (secondary N) is 1. The summed E-state index contributed by atoms with van der Waals surface area (Å²) in [6.07, 6.45) is 0. The molecule has 0 radical (unpaired) electrons. The highest BCUT2D eigenvalue weighted by Gasteiger charge is 2.22. The molecule has 0 spiro atoms. The van der Waals surface area contributed by atoms with Gasteiger partial charge in [0.15, 0.2) is 9.84 Å². The minimum absolute atomic E-state index is 0.0286. The van der Waals surface area contributed by atoms with E-state index in [4.69, 9.17) is 4.42 Å². The smallest absolute Gasteiger partial charge is 0.322 e. The van der Waals surface area contributed by atoms with E-state index < -0.39 is 15.7 Å². The summed E-state index contributed by atoms with van der Waals surface area (Å²) in [6.45, 7) is 5.44. The lowest BCUT2D eigenvalue weighted by molar-refractivity contribution is 0.102. The van der Waals surface area contributed by atoms with E-state index >= 15 is 0 Å². The van der Waals surface area contributed by atoms with E-state index in [2.05, 4.69) is 15.5 Å². The molecule has 0 saturated heterocycles. The van der Waals surface area contributed by atoms with Gasteiger partial charge in [0.2, 0.25) is 5.89 Å². The first-order valence-corrected chi connectivity index (χ1v) is 10.0. The van der Waals surface area contributed by atoms with Gasteiger partial charge < -0.3 is 4.42 Å². The number of hydrogen-bond donors (Lipinski definition) is 1. The number of carbonyl (C=O) groups excluding carboxylic acids is 1. The first kappa shape index (κ1) is 18.8. The Morgan fingerprint density at radius 1 is 1.11 bits per heavy atom. The van der Waals surface area contributed by atoms with E-state index in [1.807, 2.05) is 32.0 Å². The summed E-state index contributed by atoms with van der Waals surface area (Å²) in [6, 6.07) is 11.7. The van der Waals surface area contributed by atoms with Crippen molar-refractivity contribution >= 4 is 21.8 Å². The fraction of sp³-hybridized carbons (Fsp3) is 0.211. The SMILES string of the molecule is CCS(=O)(=O)c1ccccc1C(=O)Nc1nnc(-c2ccc(C)cc2C)o1. The molecule has 7 nitrogen and oxygen atoms in total. The molecule has 2 aromatic carbocycles. The topological polar surface area (TPSA) is 102 Å².